The molecule has 1 aliphatic heterocycles. The Labute approximate surface area is 224 Å². The molecule has 0 radical (unpaired) electrons. The van der Waals surface area contributed by atoms with E-state index in [1.54, 1.807) is 25.3 Å². The lowest BCUT2D eigenvalue weighted by Crippen LogP contribution is -2.36. The van der Waals surface area contributed by atoms with Crippen LogP contribution in [0, 0.1) is 13.8 Å². The van der Waals surface area contributed by atoms with Crippen LogP contribution in [0.1, 0.15) is 49.4 Å². The van der Waals surface area contributed by atoms with Gasteiger partial charge in [-0.2, -0.15) is 0 Å². The average molecular weight is 517 g/mol. The molecule has 204 valence electrons. The lowest BCUT2D eigenvalue weighted by Gasteiger charge is -2.38. The number of methoxy groups -OCH3 is 1. The molecule has 1 heterocycles. The zero-order valence-corrected chi connectivity index (χ0v) is 25.0. The molecule has 2 aromatic carbocycles. The SMILES string of the molecule is C=CC=C.CC.CCOC.CP1CCN1CCN.Cc1cccc(CCCc2ccc(O)c(C)c2)c1. The number of phenols is 1. The number of aryl methyl sites for hydroxylation is 4. The van der Waals surface area contributed by atoms with Crippen molar-refractivity contribution in [2.45, 2.75) is 53.9 Å². The Bertz CT molecular complexity index is 803. The molecular weight excluding hydrogens is 463 g/mol. The molecule has 1 aliphatic rings. The standard InChI is InChI=1S/C17H20O.C5H13N2P.C4H6.C3H8O.C2H6/c1-13-5-3-6-15(11-13)7-4-8-16-9-10-17(18)14(2)12-16;1-8-5-4-7(8)3-2-6;2*1-3-4-2;1-2/h3,5-6,9-12,18H,4,7-8H2,1-2H3;2-6H2,1H3;3-4H,1-2H2;3H2,1-2H3;1-2H3. The van der Waals surface area contributed by atoms with Gasteiger partial charge in [-0.3, -0.25) is 4.67 Å². The topological polar surface area (TPSA) is 58.7 Å². The number of hydrogen-bond acceptors (Lipinski definition) is 4. The van der Waals surface area contributed by atoms with Crippen LogP contribution in [0.4, 0.5) is 0 Å². The van der Waals surface area contributed by atoms with Crippen molar-refractivity contribution in [1.82, 2.24) is 4.67 Å². The summed E-state index contributed by atoms with van der Waals surface area (Å²) in [6.45, 7) is 23.1. The van der Waals surface area contributed by atoms with Crippen LogP contribution in [-0.2, 0) is 17.6 Å². The van der Waals surface area contributed by atoms with Gasteiger partial charge in [-0.05, 0) is 83.7 Å². The van der Waals surface area contributed by atoms with E-state index in [9.17, 15) is 5.11 Å². The summed E-state index contributed by atoms with van der Waals surface area (Å²) in [5.74, 6) is 0.387. The van der Waals surface area contributed by atoms with E-state index in [0.29, 0.717) is 5.75 Å². The largest absolute Gasteiger partial charge is 0.508 e. The van der Waals surface area contributed by atoms with Gasteiger partial charge in [0.25, 0.3) is 0 Å². The maximum atomic E-state index is 9.48. The highest BCUT2D eigenvalue weighted by Gasteiger charge is 2.21. The molecule has 1 saturated heterocycles. The molecule has 1 atom stereocenters. The van der Waals surface area contributed by atoms with Gasteiger partial charge in [-0.1, -0.05) is 81.1 Å². The Morgan fingerprint density at radius 2 is 1.64 bits per heavy atom. The normalized spacial score (nSPS) is 13.5. The number of hydrogen-bond donors (Lipinski definition) is 2. The quantitative estimate of drug-likeness (QED) is 0.282. The van der Waals surface area contributed by atoms with Gasteiger partial charge in [0.05, 0.1) is 0 Å². The van der Waals surface area contributed by atoms with E-state index >= 15 is 0 Å². The number of rotatable bonds is 8. The lowest BCUT2D eigenvalue weighted by atomic mass is 10.0. The number of allylic oxidation sites excluding steroid dienone is 2. The number of nitrogens with two attached hydrogens (primary N) is 1. The molecule has 2 aromatic rings. The van der Waals surface area contributed by atoms with Crippen LogP contribution in [0.25, 0.3) is 0 Å². The molecule has 0 amide bonds. The first-order valence-electron chi connectivity index (χ1n) is 13.0. The fourth-order valence-corrected chi connectivity index (χ4v) is 4.45. The third kappa shape index (κ3) is 18.3. The third-order valence-corrected chi connectivity index (χ3v) is 7.49. The maximum absolute atomic E-state index is 9.48. The fourth-order valence-electron chi connectivity index (χ4n) is 3.11. The van der Waals surface area contributed by atoms with Crippen molar-refractivity contribution in [2.24, 2.45) is 5.73 Å². The first-order valence-corrected chi connectivity index (χ1v) is 15.0. The van der Waals surface area contributed by atoms with E-state index in [4.69, 9.17) is 5.73 Å². The number of ether oxygens (including phenoxy) is 1. The Morgan fingerprint density at radius 3 is 2.00 bits per heavy atom. The molecule has 0 aromatic heterocycles. The monoisotopic (exact) mass is 516 g/mol. The number of benzene rings is 2. The fraction of sp³-hybridized carbons (Fsp3) is 0.484. The van der Waals surface area contributed by atoms with Crippen molar-refractivity contribution in [3.05, 3.63) is 90.0 Å². The first-order chi connectivity index (χ1) is 17.3. The molecule has 0 spiro atoms. The smallest absolute Gasteiger partial charge is 0.118 e. The Balaban J connectivity index is 0. The van der Waals surface area contributed by atoms with E-state index < -0.39 is 0 Å². The first kappa shape index (κ1) is 36.2. The van der Waals surface area contributed by atoms with Gasteiger partial charge in [0, 0.05) is 33.4 Å². The summed E-state index contributed by atoms with van der Waals surface area (Å²) in [5.41, 5.74) is 10.4. The molecular formula is C31H53N2O2P. The second kappa shape index (κ2) is 24.7. The summed E-state index contributed by atoms with van der Waals surface area (Å²) >= 11 is 0. The molecule has 3 rings (SSSR count). The summed E-state index contributed by atoms with van der Waals surface area (Å²) in [6.07, 6.45) is 8.03. The summed E-state index contributed by atoms with van der Waals surface area (Å²) < 4.78 is 7.01. The van der Waals surface area contributed by atoms with Crippen LogP contribution in [0.5, 0.6) is 5.75 Å². The van der Waals surface area contributed by atoms with E-state index in [-0.39, 0.29) is 8.07 Å². The Morgan fingerprint density at radius 1 is 1.06 bits per heavy atom. The number of phenolic OH excluding ortho intramolecular Hbond substituents is 1. The Kier molecular flexibility index (Phi) is 24.8. The number of aromatic hydroxyl groups is 1. The molecule has 1 unspecified atom stereocenters. The van der Waals surface area contributed by atoms with Gasteiger partial charge in [-0.25, -0.2) is 0 Å². The average Bonchev–Trinajstić information content (AvgIpc) is 2.90. The van der Waals surface area contributed by atoms with Crippen LogP contribution >= 0.6 is 8.07 Å². The minimum Gasteiger partial charge on any atom is -0.508 e. The highest BCUT2D eigenvalue weighted by Crippen LogP contribution is 2.43. The second-order valence-corrected chi connectivity index (χ2v) is 10.5. The molecule has 4 nitrogen and oxygen atoms in total. The number of nitrogens with zero attached hydrogens (tertiary/aromatic N) is 1. The van der Waals surface area contributed by atoms with Crippen LogP contribution in [0.2, 0.25) is 0 Å². The van der Waals surface area contributed by atoms with Crippen molar-refractivity contribution in [3.8, 4) is 5.75 Å². The van der Waals surface area contributed by atoms with Crippen molar-refractivity contribution in [3.63, 3.8) is 0 Å². The van der Waals surface area contributed by atoms with E-state index in [2.05, 4.69) is 66.5 Å². The zero-order chi connectivity index (χ0) is 27.8. The predicted octanol–water partition coefficient (Wildman–Crippen LogP) is 7.51. The van der Waals surface area contributed by atoms with Crippen molar-refractivity contribution < 1.29 is 9.84 Å². The molecule has 0 bridgehead atoms. The van der Waals surface area contributed by atoms with Crippen LogP contribution < -0.4 is 5.73 Å². The van der Waals surface area contributed by atoms with Crippen LogP contribution in [0.15, 0.2) is 67.8 Å². The molecule has 5 heteroatoms. The summed E-state index contributed by atoms with van der Waals surface area (Å²) in [6, 6.07) is 14.6. The molecule has 36 heavy (non-hydrogen) atoms. The highest BCUT2D eigenvalue weighted by atomic mass is 31.1. The lowest BCUT2D eigenvalue weighted by molar-refractivity contribution is 0.215. The zero-order valence-electron chi connectivity index (χ0n) is 24.1. The van der Waals surface area contributed by atoms with Gasteiger partial charge < -0.3 is 15.6 Å². The van der Waals surface area contributed by atoms with Crippen LogP contribution in [-0.4, -0.2) is 56.0 Å². The van der Waals surface area contributed by atoms with Gasteiger partial charge >= 0.3 is 0 Å². The van der Waals surface area contributed by atoms with Crippen molar-refractivity contribution in [1.29, 1.82) is 0 Å². The van der Waals surface area contributed by atoms with Crippen molar-refractivity contribution >= 4 is 8.07 Å². The third-order valence-electron chi connectivity index (χ3n) is 5.28. The highest BCUT2D eigenvalue weighted by molar-refractivity contribution is 7.55. The van der Waals surface area contributed by atoms with Crippen LogP contribution in [0.3, 0.4) is 0 Å². The molecule has 0 saturated carbocycles. The summed E-state index contributed by atoms with van der Waals surface area (Å²) in [7, 11) is 1.95. The summed E-state index contributed by atoms with van der Waals surface area (Å²) in [4.78, 5) is 0. The minimum absolute atomic E-state index is 0.266. The minimum atomic E-state index is 0.266. The second-order valence-electron chi connectivity index (χ2n) is 8.14. The van der Waals surface area contributed by atoms with E-state index in [1.807, 2.05) is 33.8 Å². The van der Waals surface area contributed by atoms with E-state index in [0.717, 1.165) is 44.5 Å². The van der Waals surface area contributed by atoms with Gasteiger partial charge in [0.2, 0.25) is 0 Å². The molecule has 1 fully saturated rings. The molecule has 3 N–H and O–H groups in total. The van der Waals surface area contributed by atoms with E-state index in [1.165, 1.54) is 29.4 Å². The predicted molar refractivity (Wildman–Crippen MR) is 164 cm³/mol. The van der Waals surface area contributed by atoms with Gasteiger partial charge in [0.15, 0.2) is 0 Å². The van der Waals surface area contributed by atoms with Crippen molar-refractivity contribution in [2.75, 3.05) is 46.2 Å². The summed E-state index contributed by atoms with van der Waals surface area (Å²) in [5, 5.41) is 9.48. The maximum Gasteiger partial charge on any atom is 0.118 e. The molecule has 0 aliphatic carbocycles. The van der Waals surface area contributed by atoms with Gasteiger partial charge in [0.1, 0.15) is 5.75 Å². The van der Waals surface area contributed by atoms with Gasteiger partial charge in [-0.15, -0.1) is 0 Å². The Hall–Kier alpha value is -1.97.